The number of urea groups is 1. The van der Waals surface area contributed by atoms with Crippen molar-refractivity contribution >= 4 is 17.7 Å². The van der Waals surface area contributed by atoms with Crippen molar-refractivity contribution in [2.45, 2.75) is 6.10 Å². The van der Waals surface area contributed by atoms with Gasteiger partial charge < -0.3 is 19.7 Å². The van der Waals surface area contributed by atoms with Crippen molar-refractivity contribution in [3.8, 4) is 0 Å². The molecule has 26 heavy (non-hydrogen) atoms. The summed E-state index contributed by atoms with van der Waals surface area (Å²) in [5.74, 6) is -0.842. The van der Waals surface area contributed by atoms with Crippen molar-refractivity contribution in [2.24, 2.45) is 0 Å². The molecule has 2 aromatic carbocycles. The molecule has 0 bridgehead atoms. The zero-order valence-corrected chi connectivity index (χ0v) is 14.3. The topological polar surface area (TPSA) is 67.9 Å². The number of carbonyl (C=O) groups excluding carboxylic acids is 2. The molecule has 0 saturated carbocycles. The molecular weight excluding hydrogens is 339 g/mol. The first-order valence-corrected chi connectivity index (χ1v) is 8.19. The Morgan fingerprint density at radius 3 is 2.65 bits per heavy atom. The molecule has 2 amide bonds. The predicted octanol–water partition coefficient (Wildman–Crippen LogP) is 3.22. The Bertz CT molecular complexity index is 794. The molecule has 0 aromatic heterocycles. The number of esters is 1. The number of ether oxygens (including phenoxy) is 2. The number of morpholine rings is 1. The Morgan fingerprint density at radius 2 is 1.92 bits per heavy atom. The first-order chi connectivity index (χ1) is 12.6. The minimum atomic E-state index is -0.521. The van der Waals surface area contributed by atoms with Crippen LogP contribution in [0.25, 0.3) is 0 Å². The Labute approximate surface area is 150 Å². The summed E-state index contributed by atoms with van der Waals surface area (Å²) >= 11 is 0. The molecule has 0 radical (unpaired) electrons. The molecule has 1 N–H and O–H groups in total. The highest BCUT2D eigenvalue weighted by Crippen LogP contribution is 2.23. The molecule has 7 heteroatoms. The van der Waals surface area contributed by atoms with Crippen LogP contribution in [-0.4, -0.2) is 43.7 Å². The molecule has 3 rings (SSSR count). The van der Waals surface area contributed by atoms with Crippen molar-refractivity contribution in [1.29, 1.82) is 0 Å². The van der Waals surface area contributed by atoms with Gasteiger partial charge in [0.15, 0.2) is 0 Å². The summed E-state index contributed by atoms with van der Waals surface area (Å²) < 4.78 is 23.5. The molecule has 0 aliphatic carbocycles. The fourth-order valence-corrected chi connectivity index (χ4v) is 2.79. The summed E-state index contributed by atoms with van der Waals surface area (Å²) in [6.45, 7) is 1.12. The summed E-state index contributed by atoms with van der Waals surface area (Å²) in [4.78, 5) is 26.0. The Balaban J connectivity index is 1.70. The highest BCUT2D eigenvalue weighted by molar-refractivity contribution is 6.00. The second-order valence-electron chi connectivity index (χ2n) is 5.82. The quantitative estimate of drug-likeness (QED) is 0.856. The van der Waals surface area contributed by atoms with Gasteiger partial charge >= 0.3 is 12.0 Å². The summed E-state index contributed by atoms with van der Waals surface area (Å²) in [5, 5.41) is 2.75. The lowest BCUT2D eigenvalue weighted by molar-refractivity contribution is -0.0135. The van der Waals surface area contributed by atoms with Gasteiger partial charge in [-0.15, -0.1) is 0 Å². The number of carbonyl (C=O) groups is 2. The van der Waals surface area contributed by atoms with Gasteiger partial charge in [0, 0.05) is 6.54 Å². The molecule has 1 unspecified atom stereocenters. The van der Waals surface area contributed by atoms with E-state index in [9.17, 15) is 14.0 Å². The minimum absolute atomic E-state index is 0.284. The zero-order chi connectivity index (χ0) is 18.5. The van der Waals surface area contributed by atoms with Crippen LogP contribution >= 0.6 is 0 Å². The monoisotopic (exact) mass is 358 g/mol. The zero-order valence-electron chi connectivity index (χ0n) is 14.3. The molecule has 1 heterocycles. The standard InChI is InChI=1S/C19H19FN2O4/c1-25-18(23)15-4-2-3-5-16(15)21-19(24)22-10-11-26-17(12-22)13-6-8-14(20)9-7-13/h2-9,17H,10-12H2,1H3,(H,21,24). The number of halogens is 1. The van der Waals surface area contributed by atoms with E-state index in [1.54, 1.807) is 41.3 Å². The third-order valence-electron chi connectivity index (χ3n) is 4.17. The van der Waals surface area contributed by atoms with Crippen LogP contribution in [0.3, 0.4) is 0 Å². The number of para-hydroxylation sites is 1. The normalized spacial score (nSPS) is 16.8. The van der Waals surface area contributed by atoms with Crippen LogP contribution < -0.4 is 5.32 Å². The highest BCUT2D eigenvalue weighted by atomic mass is 19.1. The third-order valence-corrected chi connectivity index (χ3v) is 4.17. The average Bonchev–Trinajstić information content (AvgIpc) is 2.68. The first-order valence-electron chi connectivity index (χ1n) is 8.19. The second kappa shape index (κ2) is 7.97. The van der Waals surface area contributed by atoms with Crippen molar-refractivity contribution in [3.05, 3.63) is 65.5 Å². The Kier molecular flexibility index (Phi) is 5.48. The maximum Gasteiger partial charge on any atom is 0.339 e. The van der Waals surface area contributed by atoms with Gasteiger partial charge in [0.2, 0.25) is 0 Å². The minimum Gasteiger partial charge on any atom is -0.465 e. The van der Waals surface area contributed by atoms with E-state index < -0.39 is 5.97 Å². The van der Waals surface area contributed by atoms with Crippen LogP contribution in [0.15, 0.2) is 48.5 Å². The van der Waals surface area contributed by atoms with E-state index in [1.807, 2.05) is 0 Å². The number of hydrogen-bond donors (Lipinski definition) is 1. The molecule has 1 aliphatic heterocycles. The number of nitrogens with zero attached hydrogens (tertiary/aromatic N) is 1. The van der Waals surface area contributed by atoms with Gasteiger partial charge in [-0.1, -0.05) is 24.3 Å². The molecule has 6 nitrogen and oxygen atoms in total. The van der Waals surface area contributed by atoms with Crippen LogP contribution in [0.2, 0.25) is 0 Å². The Hall–Kier alpha value is -2.93. The van der Waals surface area contributed by atoms with Crippen LogP contribution in [0.5, 0.6) is 0 Å². The number of amides is 2. The molecular formula is C19H19FN2O4. The predicted molar refractivity (Wildman–Crippen MR) is 93.5 cm³/mol. The third kappa shape index (κ3) is 4.00. The number of methoxy groups -OCH3 is 1. The lowest BCUT2D eigenvalue weighted by Crippen LogP contribution is -2.44. The molecule has 1 aliphatic rings. The fourth-order valence-electron chi connectivity index (χ4n) is 2.79. The maximum absolute atomic E-state index is 13.1. The smallest absolute Gasteiger partial charge is 0.339 e. The van der Waals surface area contributed by atoms with E-state index in [4.69, 9.17) is 9.47 Å². The van der Waals surface area contributed by atoms with Crippen LogP contribution in [0.4, 0.5) is 14.9 Å². The van der Waals surface area contributed by atoms with E-state index in [0.29, 0.717) is 25.4 Å². The van der Waals surface area contributed by atoms with Crippen molar-refractivity contribution in [3.63, 3.8) is 0 Å². The Morgan fingerprint density at radius 1 is 1.19 bits per heavy atom. The second-order valence-corrected chi connectivity index (χ2v) is 5.82. The van der Waals surface area contributed by atoms with Gasteiger partial charge in [-0.05, 0) is 29.8 Å². The van der Waals surface area contributed by atoms with Gasteiger partial charge in [-0.2, -0.15) is 0 Å². The van der Waals surface area contributed by atoms with Gasteiger partial charge in [-0.25, -0.2) is 14.0 Å². The lowest BCUT2D eigenvalue weighted by Gasteiger charge is -2.33. The van der Waals surface area contributed by atoms with Crippen molar-refractivity contribution in [1.82, 2.24) is 4.90 Å². The number of nitrogens with one attached hydrogen (secondary N) is 1. The molecule has 136 valence electrons. The van der Waals surface area contributed by atoms with Crippen molar-refractivity contribution < 1.29 is 23.5 Å². The van der Waals surface area contributed by atoms with Crippen LogP contribution in [0.1, 0.15) is 22.0 Å². The molecule has 1 fully saturated rings. The van der Waals surface area contributed by atoms with Gasteiger partial charge in [0.25, 0.3) is 0 Å². The van der Waals surface area contributed by atoms with E-state index in [1.165, 1.54) is 19.2 Å². The summed E-state index contributed by atoms with van der Waals surface area (Å²) in [7, 11) is 1.29. The number of hydrogen-bond acceptors (Lipinski definition) is 4. The lowest BCUT2D eigenvalue weighted by atomic mass is 10.1. The van der Waals surface area contributed by atoms with Crippen LogP contribution in [0, 0.1) is 5.82 Å². The fraction of sp³-hybridized carbons (Fsp3) is 0.263. The number of benzene rings is 2. The van der Waals surface area contributed by atoms with Crippen molar-refractivity contribution in [2.75, 3.05) is 32.1 Å². The summed E-state index contributed by atoms with van der Waals surface area (Å²) in [6, 6.07) is 12.3. The van der Waals surface area contributed by atoms with E-state index in [-0.39, 0.29) is 23.5 Å². The molecule has 2 aromatic rings. The molecule has 1 saturated heterocycles. The summed E-state index contributed by atoms with van der Waals surface area (Å²) in [5.41, 5.74) is 1.47. The van der Waals surface area contributed by atoms with E-state index >= 15 is 0 Å². The molecule has 1 atom stereocenters. The largest absolute Gasteiger partial charge is 0.465 e. The maximum atomic E-state index is 13.1. The molecule has 0 spiro atoms. The van der Waals surface area contributed by atoms with E-state index in [2.05, 4.69) is 5.32 Å². The van der Waals surface area contributed by atoms with Gasteiger partial charge in [0.1, 0.15) is 11.9 Å². The number of rotatable bonds is 3. The van der Waals surface area contributed by atoms with Gasteiger partial charge in [-0.3, -0.25) is 0 Å². The average molecular weight is 358 g/mol. The SMILES string of the molecule is COC(=O)c1ccccc1NC(=O)N1CCOC(c2ccc(F)cc2)C1. The van der Waals surface area contributed by atoms with E-state index in [0.717, 1.165) is 5.56 Å². The first kappa shape index (κ1) is 17.9. The number of anilines is 1. The highest BCUT2D eigenvalue weighted by Gasteiger charge is 2.26. The summed E-state index contributed by atoms with van der Waals surface area (Å²) in [6.07, 6.45) is -0.328. The van der Waals surface area contributed by atoms with Crippen LogP contribution in [-0.2, 0) is 9.47 Å². The van der Waals surface area contributed by atoms with Gasteiger partial charge in [0.05, 0.1) is 31.5 Å².